The predicted octanol–water partition coefficient (Wildman–Crippen LogP) is 24.3. The Morgan fingerprint density at radius 2 is 0.747 bits per heavy atom. The van der Waals surface area contributed by atoms with E-state index in [-0.39, 0.29) is 0 Å². The number of benzene rings is 14. The van der Waals surface area contributed by atoms with Crippen LogP contribution in [-0.4, -0.2) is 9.13 Å². The van der Waals surface area contributed by atoms with Crippen LogP contribution >= 0.6 is 38.6 Å². The van der Waals surface area contributed by atoms with Crippen molar-refractivity contribution in [2.75, 3.05) is 10.2 Å². The molecular weight excluding hydrogens is 1160 g/mol. The molecule has 87 heavy (non-hydrogen) atoms. The van der Waals surface area contributed by atoms with Gasteiger partial charge in [0.1, 0.15) is 0 Å². The van der Waals surface area contributed by atoms with Crippen LogP contribution in [0.4, 0.5) is 28.4 Å². The van der Waals surface area contributed by atoms with Gasteiger partial charge in [-0.05, 0) is 108 Å². The van der Waals surface area contributed by atoms with E-state index in [0.29, 0.717) is 0 Å². The maximum Gasteiger partial charge on any atom is 0.0721 e. The highest BCUT2D eigenvalue weighted by Gasteiger charge is 2.26. The molecule has 4 aromatic heterocycles. The topological polar surface area (TPSA) is 25.1 Å². The summed E-state index contributed by atoms with van der Waals surface area (Å²) in [5, 5.41) is 18.7. The normalized spacial score (nSPS) is 11.5. The first-order valence-electron chi connectivity index (χ1n) is 29.3. The Hall–Kier alpha value is -10.3. The molecule has 412 valence electrons. The standard InChI is InChI=1S/C40H26N2S.C24H14BrNS.C16H13N/c1-3-16-28(17-4-1)41(34-24-13-15-27-14-7-8-20-30(27)34)36-26-33-31-21-9-11-23-35(31)42(29-18-5-2-6-19-29)39(33)40-38(36)32-22-10-12-25-37(32)43-40;25-19-14-18-16-10-4-6-12-20(16)26(15-8-2-1-3-9-15)23(18)24-22(19)17-11-5-7-13-21(17)27-24;1-2-9-14(10-3-1)17-16-12-6-8-13-7-4-5-11-15(13)16/h1-26H;1-14H;1-12,17H. The Labute approximate surface area is 519 Å². The molecule has 0 saturated carbocycles. The third kappa shape index (κ3) is 9.18. The Balaban J connectivity index is 0.000000118. The van der Waals surface area contributed by atoms with Crippen molar-refractivity contribution in [3.63, 3.8) is 0 Å². The fourth-order valence-corrected chi connectivity index (χ4v) is 16.2. The molecule has 0 aliphatic heterocycles. The summed E-state index contributed by atoms with van der Waals surface area (Å²) in [5.41, 5.74) is 13.2. The van der Waals surface area contributed by atoms with Gasteiger partial charge in [-0.25, -0.2) is 0 Å². The van der Waals surface area contributed by atoms with Gasteiger partial charge in [0, 0.05) is 96.2 Å². The molecule has 0 bridgehead atoms. The van der Waals surface area contributed by atoms with E-state index in [4.69, 9.17) is 0 Å². The fraction of sp³-hybridized carbons (Fsp3) is 0. The van der Waals surface area contributed by atoms with Crippen LogP contribution in [-0.2, 0) is 0 Å². The average Bonchev–Trinajstić information content (AvgIpc) is 1.64. The molecule has 0 amide bonds. The van der Waals surface area contributed by atoms with Crippen LogP contribution in [0.3, 0.4) is 0 Å². The molecule has 18 aromatic rings. The highest BCUT2D eigenvalue weighted by atomic mass is 79.9. The summed E-state index contributed by atoms with van der Waals surface area (Å²) in [4.78, 5) is 2.47. The maximum absolute atomic E-state index is 3.87. The molecule has 18 rings (SSSR count). The van der Waals surface area contributed by atoms with Crippen molar-refractivity contribution in [2.45, 2.75) is 0 Å². The largest absolute Gasteiger partial charge is 0.355 e. The monoisotopic (exact) mass is 1210 g/mol. The summed E-state index contributed by atoms with van der Waals surface area (Å²) in [6.07, 6.45) is 0. The van der Waals surface area contributed by atoms with Crippen LogP contribution in [0, 0.1) is 0 Å². The highest BCUT2D eigenvalue weighted by molar-refractivity contribution is 9.10. The zero-order valence-corrected chi connectivity index (χ0v) is 50.3. The van der Waals surface area contributed by atoms with E-state index in [0.717, 1.165) is 17.1 Å². The molecule has 0 fully saturated rings. The second-order valence-corrected chi connectivity index (χ2v) is 24.7. The lowest BCUT2D eigenvalue weighted by molar-refractivity contribution is 1.19. The van der Waals surface area contributed by atoms with Gasteiger partial charge < -0.3 is 19.4 Å². The lowest BCUT2D eigenvalue weighted by Gasteiger charge is -2.28. The predicted molar refractivity (Wildman–Crippen MR) is 381 cm³/mol. The molecule has 0 aliphatic rings. The van der Waals surface area contributed by atoms with Crippen LogP contribution in [0.15, 0.2) is 320 Å². The minimum Gasteiger partial charge on any atom is -0.355 e. The zero-order chi connectivity index (χ0) is 57.8. The Kier molecular flexibility index (Phi) is 13.4. The summed E-state index contributed by atoms with van der Waals surface area (Å²) < 4.78 is 11.3. The van der Waals surface area contributed by atoms with Crippen molar-refractivity contribution in [1.82, 2.24) is 9.13 Å². The quantitative estimate of drug-likeness (QED) is 0.172. The van der Waals surface area contributed by atoms with E-state index in [2.05, 4.69) is 333 Å². The molecule has 4 nitrogen and oxygen atoms in total. The lowest BCUT2D eigenvalue weighted by Crippen LogP contribution is -2.11. The number of fused-ring (bicyclic) bond motifs is 16. The summed E-state index contributed by atoms with van der Waals surface area (Å²) in [6, 6.07) is 112. The first-order valence-corrected chi connectivity index (χ1v) is 31.7. The van der Waals surface area contributed by atoms with Crippen LogP contribution in [0.1, 0.15) is 0 Å². The van der Waals surface area contributed by atoms with Gasteiger partial charge >= 0.3 is 0 Å². The maximum atomic E-state index is 3.87. The van der Waals surface area contributed by atoms with Gasteiger partial charge in [0.05, 0.1) is 42.8 Å². The van der Waals surface area contributed by atoms with Gasteiger partial charge in [0.25, 0.3) is 0 Å². The van der Waals surface area contributed by atoms with Gasteiger partial charge in [-0.2, -0.15) is 0 Å². The Bertz CT molecular complexity index is 5560. The third-order valence-corrected chi connectivity index (χ3v) is 19.6. The van der Waals surface area contributed by atoms with Crippen molar-refractivity contribution in [3.05, 3.63) is 320 Å². The Morgan fingerprint density at radius 3 is 1.34 bits per heavy atom. The summed E-state index contributed by atoms with van der Waals surface area (Å²) in [7, 11) is 0. The molecule has 0 unspecified atom stereocenters. The van der Waals surface area contributed by atoms with Gasteiger partial charge in [-0.15, -0.1) is 22.7 Å². The van der Waals surface area contributed by atoms with E-state index in [1.807, 2.05) is 40.9 Å². The minimum absolute atomic E-state index is 1.11. The molecule has 0 aliphatic carbocycles. The van der Waals surface area contributed by atoms with E-state index in [1.165, 1.54) is 133 Å². The van der Waals surface area contributed by atoms with Gasteiger partial charge in [0.2, 0.25) is 0 Å². The highest BCUT2D eigenvalue weighted by Crippen LogP contribution is 2.52. The molecule has 0 atom stereocenters. The number of halogens is 1. The number of anilines is 5. The molecule has 0 radical (unpaired) electrons. The van der Waals surface area contributed by atoms with Gasteiger partial charge in [-0.3, -0.25) is 0 Å². The molecule has 7 heteroatoms. The SMILES string of the molecule is Brc1cc2c3ccccc3n(-c3ccccc3)c2c2sc3ccccc3c12.c1ccc(N(c2cccc3ccccc23)c2cc3c4ccccc4n(-c4ccccc4)c3c3sc4ccccc4c23)cc1.c1ccc(Nc2cccc3ccccc23)cc1. The average molecular weight is 1210 g/mol. The number of aromatic nitrogens is 2. The van der Waals surface area contributed by atoms with Gasteiger partial charge in [0.15, 0.2) is 0 Å². The number of rotatable bonds is 7. The molecule has 0 saturated heterocycles. The zero-order valence-electron chi connectivity index (χ0n) is 47.1. The minimum atomic E-state index is 1.11. The molecule has 14 aromatic carbocycles. The molecule has 0 spiro atoms. The number of nitrogens with one attached hydrogen (secondary N) is 1. The van der Waals surface area contributed by atoms with Crippen LogP contribution < -0.4 is 10.2 Å². The molecular formula is C80H53BrN4S2. The van der Waals surface area contributed by atoms with Crippen LogP contribution in [0.5, 0.6) is 0 Å². The van der Waals surface area contributed by atoms with Crippen molar-refractivity contribution in [1.29, 1.82) is 0 Å². The smallest absolute Gasteiger partial charge is 0.0721 e. The van der Waals surface area contributed by atoms with Crippen molar-refractivity contribution >= 4 is 173 Å². The van der Waals surface area contributed by atoms with Crippen molar-refractivity contribution < 1.29 is 0 Å². The first kappa shape index (κ1) is 52.3. The van der Waals surface area contributed by atoms with Crippen LogP contribution in [0.2, 0.25) is 0 Å². The van der Waals surface area contributed by atoms with E-state index >= 15 is 0 Å². The number of para-hydroxylation sites is 6. The molecule has 4 heterocycles. The lowest BCUT2D eigenvalue weighted by atomic mass is 10.0. The van der Waals surface area contributed by atoms with Gasteiger partial charge in [-0.1, -0.05) is 234 Å². The number of nitrogens with zero attached hydrogens (tertiary/aromatic N) is 3. The Morgan fingerprint density at radius 1 is 0.322 bits per heavy atom. The number of thiophene rings is 2. The third-order valence-electron chi connectivity index (χ3n) is 16.6. The van der Waals surface area contributed by atoms with Crippen molar-refractivity contribution in [3.8, 4) is 11.4 Å². The second-order valence-electron chi connectivity index (χ2n) is 21.7. The van der Waals surface area contributed by atoms with E-state index in [1.54, 1.807) is 0 Å². The summed E-state index contributed by atoms with van der Waals surface area (Å²) >= 11 is 7.64. The second kappa shape index (κ2) is 22.3. The number of hydrogen-bond acceptors (Lipinski definition) is 4. The van der Waals surface area contributed by atoms with Crippen LogP contribution in [0.25, 0.3) is 117 Å². The fourth-order valence-electron chi connectivity index (χ4n) is 12.9. The van der Waals surface area contributed by atoms with E-state index < -0.39 is 0 Å². The first-order chi connectivity index (χ1) is 43.1. The summed E-state index contributed by atoms with van der Waals surface area (Å²) in [6.45, 7) is 0. The van der Waals surface area contributed by atoms with E-state index in [9.17, 15) is 0 Å². The summed E-state index contributed by atoms with van der Waals surface area (Å²) in [5.74, 6) is 0. The molecule has 1 N–H and O–H groups in total. The van der Waals surface area contributed by atoms with Crippen molar-refractivity contribution in [2.24, 2.45) is 0 Å². The number of hydrogen-bond donors (Lipinski definition) is 1.